The first-order chi connectivity index (χ1) is 9.96. The van der Waals surface area contributed by atoms with Crippen molar-refractivity contribution in [1.82, 2.24) is 14.7 Å². The van der Waals surface area contributed by atoms with Crippen LogP contribution >= 0.6 is 0 Å². The van der Waals surface area contributed by atoms with Crippen molar-refractivity contribution < 1.29 is 9.90 Å². The number of aliphatic hydroxyl groups is 1. The Morgan fingerprint density at radius 3 is 2.43 bits per heavy atom. The Morgan fingerprint density at radius 2 is 2.00 bits per heavy atom. The Labute approximate surface area is 127 Å². The molecule has 1 aromatic rings. The molecule has 0 aromatic carbocycles. The molecule has 1 heterocycles. The molecule has 0 aliphatic carbocycles. The molecule has 1 aromatic heterocycles. The molecule has 0 fully saturated rings. The van der Waals surface area contributed by atoms with Gasteiger partial charge in [-0.05, 0) is 32.8 Å². The molecule has 21 heavy (non-hydrogen) atoms. The average Bonchev–Trinajstić information content (AvgIpc) is 2.70. The third-order valence-electron chi connectivity index (χ3n) is 3.96. The lowest BCUT2D eigenvalue weighted by Gasteiger charge is -2.29. The molecular formula is C16H27N3O2. The van der Waals surface area contributed by atoms with E-state index in [1.165, 1.54) is 0 Å². The molecule has 5 nitrogen and oxygen atoms in total. The summed E-state index contributed by atoms with van der Waals surface area (Å²) in [6.45, 7) is 8.40. The molecule has 0 radical (unpaired) electrons. The zero-order valence-electron chi connectivity index (χ0n) is 13.8. The molecule has 118 valence electrons. The first-order valence-corrected chi connectivity index (χ1v) is 7.55. The fourth-order valence-corrected chi connectivity index (χ4v) is 2.59. The molecule has 5 heteroatoms. The second-order valence-corrected chi connectivity index (χ2v) is 5.27. The largest absolute Gasteiger partial charge is 0.395 e. The van der Waals surface area contributed by atoms with E-state index in [2.05, 4.69) is 18.9 Å². The van der Waals surface area contributed by atoms with Gasteiger partial charge in [-0.3, -0.25) is 9.48 Å². The first kappa shape index (κ1) is 17.4. The van der Waals surface area contributed by atoms with Crippen molar-refractivity contribution >= 4 is 12.0 Å². The van der Waals surface area contributed by atoms with Crippen molar-refractivity contribution in [3.05, 3.63) is 23.0 Å². The summed E-state index contributed by atoms with van der Waals surface area (Å²) >= 11 is 0. The lowest BCUT2D eigenvalue weighted by molar-refractivity contribution is -0.128. The predicted octanol–water partition coefficient (Wildman–Crippen LogP) is 2.06. The van der Waals surface area contributed by atoms with Crippen LogP contribution in [0, 0.1) is 13.8 Å². The minimum Gasteiger partial charge on any atom is -0.395 e. The summed E-state index contributed by atoms with van der Waals surface area (Å²) in [6, 6.07) is 0.172. The van der Waals surface area contributed by atoms with E-state index < -0.39 is 0 Å². The summed E-state index contributed by atoms with van der Waals surface area (Å²) in [5.41, 5.74) is 2.93. The third kappa shape index (κ3) is 4.17. The quantitative estimate of drug-likeness (QED) is 0.783. The fraction of sp³-hybridized carbons (Fsp3) is 0.625. The molecule has 1 amide bonds. The summed E-state index contributed by atoms with van der Waals surface area (Å²) in [6.07, 6.45) is 5.19. The smallest absolute Gasteiger partial charge is 0.246 e. The van der Waals surface area contributed by atoms with Crippen molar-refractivity contribution in [3.8, 4) is 0 Å². The highest BCUT2D eigenvalue weighted by atomic mass is 16.3. The highest BCUT2D eigenvalue weighted by molar-refractivity contribution is 5.92. The van der Waals surface area contributed by atoms with Crippen LogP contribution in [0.2, 0.25) is 0 Å². The summed E-state index contributed by atoms with van der Waals surface area (Å²) in [4.78, 5) is 14.1. The molecule has 0 aliphatic heterocycles. The molecular weight excluding hydrogens is 266 g/mol. The predicted molar refractivity (Wildman–Crippen MR) is 84.9 cm³/mol. The average molecular weight is 293 g/mol. The molecule has 0 saturated carbocycles. The number of aromatic nitrogens is 2. The van der Waals surface area contributed by atoms with Gasteiger partial charge in [0.25, 0.3) is 0 Å². The second kappa shape index (κ2) is 7.98. The molecule has 0 atom stereocenters. The Balaban J connectivity index is 2.92. The first-order valence-electron chi connectivity index (χ1n) is 7.55. The standard InChI is InChI=1S/C16H27N3O2/c1-6-14(7-2)19(10-11-20)16(21)9-8-15-12(3)17-18(5)13(15)4/h8-9,14,20H,6-7,10-11H2,1-5H3. The molecule has 0 aliphatic rings. The van der Waals surface area contributed by atoms with Crippen LogP contribution in [0.25, 0.3) is 6.08 Å². The van der Waals surface area contributed by atoms with E-state index in [4.69, 9.17) is 0 Å². The van der Waals surface area contributed by atoms with Crippen LogP contribution in [0.5, 0.6) is 0 Å². The number of hydrogen-bond donors (Lipinski definition) is 1. The SMILES string of the molecule is CCC(CC)N(CCO)C(=O)C=Cc1c(C)nn(C)c1C. The minimum absolute atomic E-state index is 0.0129. The van der Waals surface area contributed by atoms with E-state index in [0.29, 0.717) is 6.54 Å². The zero-order chi connectivity index (χ0) is 16.0. The van der Waals surface area contributed by atoms with Gasteiger partial charge in [-0.25, -0.2) is 0 Å². The fourth-order valence-electron chi connectivity index (χ4n) is 2.59. The summed E-state index contributed by atoms with van der Waals surface area (Å²) in [5.74, 6) is -0.0552. The van der Waals surface area contributed by atoms with Gasteiger partial charge in [0.15, 0.2) is 0 Å². The van der Waals surface area contributed by atoms with Gasteiger partial charge < -0.3 is 10.0 Å². The second-order valence-electron chi connectivity index (χ2n) is 5.27. The van der Waals surface area contributed by atoms with Gasteiger partial charge in [0.2, 0.25) is 5.91 Å². The summed E-state index contributed by atoms with van der Waals surface area (Å²) in [5, 5.41) is 13.5. The van der Waals surface area contributed by atoms with Gasteiger partial charge in [0, 0.05) is 37.0 Å². The number of hydrogen-bond acceptors (Lipinski definition) is 3. The van der Waals surface area contributed by atoms with E-state index in [1.54, 1.807) is 11.0 Å². The number of aryl methyl sites for hydroxylation is 2. The number of amides is 1. The van der Waals surface area contributed by atoms with Gasteiger partial charge in [-0.1, -0.05) is 13.8 Å². The Bertz CT molecular complexity index is 502. The molecule has 0 saturated heterocycles. The van der Waals surface area contributed by atoms with Crippen LogP contribution < -0.4 is 0 Å². The molecule has 0 spiro atoms. The van der Waals surface area contributed by atoms with E-state index >= 15 is 0 Å². The van der Waals surface area contributed by atoms with E-state index in [0.717, 1.165) is 29.8 Å². The van der Waals surface area contributed by atoms with Gasteiger partial charge in [-0.15, -0.1) is 0 Å². The van der Waals surface area contributed by atoms with Gasteiger partial charge in [0.1, 0.15) is 0 Å². The number of rotatable bonds is 7. The third-order valence-corrected chi connectivity index (χ3v) is 3.96. The van der Waals surface area contributed by atoms with E-state index in [-0.39, 0.29) is 18.6 Å². The normalized spacial score (nSPS) is 11.6. The number of aliphatic hydroxyl groups excluding tert-OH is 1. The number of nitrogens with zero attached hydrogens (tertiary/aromatic N) is 3. The molecule has 1 N–H and O–H groups in total. The molecule has 0 bridgehead atoms. The molecule has 0 unspecified atom stereocenters. The monoisotopic (exact) mass is 293 g/mol. The van der Waals surface area contributed by atoms with Crippen molar-refractivity contribution in [2.75, 3.05) is 13.2 Å². The van der Waals surface area contributed by atoms with Crippen molar-refractivity contribution in [1.29, 1.82) is 0 Å². The lowest BCUT2D eigenvalue weighted by atomic mass is 10.1. The molecule has 1 rings (SSSR count). The number of carbonyl (C=O) groups is 1. The van der Waals surface area contributed by atoms with Gasteiger partial charge >= 0.3 is 0 Å². The van der Waals surface area contributed by atoms with E-state index in [1.807, 2.05) is 31.7 Å². The Morgan fingerprint density at radius 1 is 1.38 bits per heavy atom. The maximum Gasteiger partial charge on any atom is 0.246 e. The van der Waals surface area contributed by atoms with Crippen molar-refractivity contribution in [2.24, 2.45) is 7.05 Å². The maximum atomic E-state index is 12.4. The van der Waals surface area contributed by atoms with Crippen LogP contribution in [0.1, 0.15) is 43.6 Å². The minimum atomic E-state index is -0.0552. The van der Waals surface area contributed by atoms with Crippen LogP contribution in [-0.2, 0) is 11.8 Å². The van der Waals surface area contributed by atoms with Gasteiger partial charge in [0.05, 0.1) is 12.3 Å². The summed E-state index contributed by atoms with van der Waals surface area (Å²) < 4.78 is 1.81. The van der Waals surface area contributed by atoms with Gasteiger partial charge in [-0.2, -0.15) is 5.10 Å². The summed E-state index contributed by atoms with van der Waals surface area (Å²) in [7, 11) is 1.89. The van der Waals surface area contributed by atoms with Crippen LogP contribution in [0.3, 0.4) is 0 Å². The maximum absolute atomic E-state index is 12.4. The van der Waals surface area contributed by atoms with Crippen molar-refractivity contribution in [3.63, 3.8) is 0 Å². The lowest BCUT2D eigenvalue weighted by Crippen LogP contribution is -2.40. The van der Waals surface area contributed by atoms with Crippen LogP contribution in [0.15, 0.2) is 6.08 Å². The Kier molecular flexibility index (Phi) is 6.62. The Hall–Kier alpha value is -1.62. The van der Waals surface area contributed by atoms with Crippen molar-refractivity contribution in [2.45, 2.75) is 46.6 Å². The van der Waals surface area contributed by atoms with Crippen LogP contribution in [-0.4, -0.2) is 44.9 Å². The highest BCUT2D eigenvalue weighted by Crippen LogP contribution is 2.15. The van der Waals surface area contributed by atoms with Crippen LogP contribution in [0.4, 0.5) is 0 Å². The zero-order valence-corrected chi connectivity index (χ0v) is 13.8. The highest BCUT2D eigenvalue weighted by Gasteiger charge is 2.18. The topological polar surface area (TPSA) is 58.4 Å². The van der Waals surface area contributed by atoms with E-state index in [9.17, 15) is 9.90 Å². The number of carbonyl (C=O) groups excluding carboxylic acids is 1.